The molecule has 0 N–H and O–H groups in total. The van der Waals surface area contributed by atoms with Crippen LogP contribution in [0.4, 0.5) is 13.2 Å². The van der Waals surface area contributed by atoms with Crippen molar-refractivity contribution in [2.75, 3.05) is 5.75 Å². The van der Waals surface area contributed by atoms with Crippen molar-refractivity contribution in [2.45, 2.75) is 11.3 Å². The van der Waals surface area contributed by atoms with Crippen molar-refractivity contribution in [3.8, 4) is 5.75 Å². The molecule has 122 valence electrons. The molecule has 3 nitrogen and oxygen atoms in total. The quantitative estimate of drug-likeness (QED) is 0.823. The predicted molar refractivity (Wildman–Crippen MR) is 80.7 cm³/mol. The van der Waals surface area contributed by atoms with Gasteiger partial charge in [-0.3, -0.25) is 0 Å². The Morgan fingerprint density at radius 3 is 2.09 bits per heavy atom. The highest BCUT2D eigenvalue weighted by molar-refractivity contribution is 7.91. The summed E-state index contributed by atoms with van der Waals surface area (Å²) in [5.74, 6) is -0.698. The van der Waals surface area contributed by atoms with E-state index in [4.69, 9.17) is 0 Å². The Labute approximate surface area is 131 Å². The van der Waals surface area contributed by atoms with Crippen molar-refractivity contribution in [2.24, 2.45) is 0 Å². The van der Waals surface area contributed by atoms with Crippen LogP contribution < -0.4 is 4.74 Å². The van der Waals surface area contributed by atoms with E-state index < -0.39 is 16.2 Å². The summed E-state index contributed by atoms with van der Waals surface area (Å²) < 4.78 is 64.5. The first-order chi connectivity index (χ1) is 10.7. The summed E-state index contributed by atoms with van der Waals surface area (Å²) >= 11 is 0. The Bertz CT molecular complexity index is 780. The van der Waals surface area contributed by atoms with Crippen LogP contribution in [0.25, 0.3) is 5.57 Å². The van der Waals surface area contributed by atoms with Gasteiger partial charge in [0, 0.05) is 0 Å². The molecule has 2 aromatic carbocycles. The zero-order chi connectivity index (χ0) is 17.1. The van der Waals surface area contributed by atoms with Crippen LogP contribution in [-0.2, 0) is 9.84 Å². The fourth-order valence-corrected chi connectivity index (χ4v) is 3.28. The van der Waals surface area contributed by atoms with Crippen LogP contribution in [0, 0.1) is 0 Å². The van der Waals surface area contributed by atoms with E-state index in [1.165, 1.54) is 24.3 Å². The Morgan fingerprint density at radius 1 is 1.00 bits per heavy atom. The summed E-state index contributed by atoms with van der Waals surface area (Å²) in [6.45, 7) is 3.70. The molecule has 0 saturated carbocycles. The summed E-state index contributed by atoms with van der Waals surface area (Å²) in [4.78, 5) is 0.165. The van der Waals surface area contributed by atoms with Crippen molar-refractivity contribution in [3.05, 3.63) is 66.7 Å². The first-order valence-electron chi connectivity index (χ1n) is 6.49. The lowest BCUT2D eigenvalue weighted by Crippen LogP contribution is -2.17. The zero-order valence-electron chi connectivity index (χ0n) is 11.9. The summed E-state index contributed by atoms with van der Waals surface area (Å²) in [6, 6.07) is 12.8. The highest BCUT2D eigenvalue weighted by atomic mass is 32.2. The van der Waals surface area contributed by atoms with Crippen LogP contribution in [0.2, 0.25) is 0 Å². The number of benzene rings is 2. The summed E-state index contributed by atoms with van der Waals surface area (Å²) in [5.41, 5.74) is 0.714. The Hall–Kier alpha value is -2.28. The third kappa shape index (κ3) is 4.85. The van der Waals surface area contributed by atoms with E-state index >= 15 is 0 Å². The number of ether oxygens (including phenoxy) is 1. The molecular weight excluding hydrogens is 329 g/mol. The van der Waals surface area contributed by atoms with Crippen LogP contribution in [-0.4, -0.2) is 20.5 Å². The lowest BCUT2D eigenvalue weighted by molar-refractivity contribution is -0.274. The molecule has 0 bridgehead atoms. The van der Waals surface area contributed by atoms with E-state index in [2.05, 4.69) is 11.3 Å². The minimum atomic E-state index is -4.77. The molecular formula is C16H13F3O3S. The zero-order valence-corrected chi connectivity index (χ0v) is 12.7. The molecule has 0 aliphatic heterocycles. The van der Waals surface area contributed by atoms with Crippen LogP contribution in [0.3, 0.4) is 0 Å². The van der Waals surface area contributed by atoms with E-state index in [-0.39, 0.29) is 22.0 Å². The predicted octanol–water partition coefficient (Wildman–Crippen LogP) is 4.07. The van der Waals surface area contributed by atoms with E-state index in [0.29, 0.717) is 5.56 Å². The molecule has 0 aliphatic carbocycles. The fraction of sp³-hybridized carbons (Fsp3) is 0.125. The van der Waals surface area contributed by atoms with E-state index in [1.807, 2.05) is 0 Å². The van der Waals surface area contributed by atoms with Gasteiger partial charge in [0.2, 0.25) is 0 Å². The highest BCUT2D eigenvalue weighted by Crippen LogP contribution is 2.25. The van der Waals surface area contributed by atoms with Gasteiger partial charge in [-0.1, -0.05) is 36.9 Å². The van der Waals surface area contributed by atoms with Gasteiger partial charge in [-0.05, 0) is 35.4 Å². The number of sulfone groups is 1. The van der Waals surface area contributed by atoms with Gasteiger partial charge in [0.25, 0.3) is 0 Å². The lowest BCUT2D eigenvalue weighted by Gasteiger charge is -2.11. The van der Waals surface area contributed by atoms with Gasteiger partial charge in [-0.2, -0.15) is 0 Å². The van der Waals surface area contributed by atoms with Crippen molar-refractivity contribution in [1.82, 2.24) is 0 Å². The number of hydrogen-bond acceptors (Lipinski definition) is 3. The maximum absolute atomic E-state index is 12.2. The number of alkyl halides is 3. The van der Waals surface area contributed by atoms with Crippen LogP contribution in [0.15, 0.2) is 66.1 Å². The van der Waals surface area contributed by atoms with Gasteiger partial charge in [-0.25, -0.2) is 8.42 Å². The third-order valence-electron chi connectivity index (χ3n) is 2.96. The molecule has 0 saturated heterocycles. The maximum atomic E-state index is 12.2. The van der Waals surface area contributed by atoms with Gasteiger partial charge in [0.05, 0.1) is 10.6 Å². The van der Waals surface area contributed by atoms with Crippen LogP contribution >= 0.6 is 0 Å². The molecule has 0 spiro atoms. The Kier molecular flexibility index (Phi) is 4.79. The molecule has 2 aromatic rings. The van der Waals surface area contributed by atoms with Gasteiger partial charge >= 0.3 is 6.36 Å². The highest BCUT2D eigenvalue weighted by Gasteiger charge is 2.31. The first kappa shape index (κ1) is 17.1. The summed E-state index contributed by atoms with van der Waals surface area (Å²) in [5, 5.41) is 0. The standard InChI is InChI=1S/C16H13F3O3S/c1-12(11-23(20,21)15-5-3-2-4-6-15)13-7-9-14(10-8-13)22-16(17,18)19/h2-10H,1,11H2. The molecule has 0 aromatic heterocycles. The average molecular weight is 342 g/mol. The lowest BCUT2D eigenvalue weighted by atomic mass is 10.1. The van der Waals surface area contributed by atoms with E-state index in [0.717, 1.165) is 12.1 Å². The summed E-state index contributed by atoms with van der Waals surface area (Å²) in [6.07, 6.45) is -4.77. The topological polar surface area (TPSA) is 43.4 Å². The van der Waals surface area contributed by atoms with E-state index in [9.17, 15) is 21.6 Å². The van der Waals surface area contributed by atoms with Crippen molar-refractivity contribution in [3.63, 3.8) is 0 Å². The molecule has 0 unspecified atom stereocenters. The van der Waals surface area contributed by atoms with Crippen molar-refractivity contribution in [1.29, 1.82) is 0 Å². The van der Waals surface area contributed by atoms with Gasteiger partial charge in [0.15, 0.2) is 9.84 Å². The number of rotatable bonds is 5. The van der Waals surface area contributed by atoms with E-state index in [1.54, 1.807) is 18.2 Å². The molecule has 0 radical (unpaired) electrons. The first-order valence-corrected chi connectivity index (χ1v) is 8.14. The molecule has 0 atom stereocenters. The summed E-state index contributed by atoms with van der Waals surface area (Å²) in [7, 11) is -3.56. The molecule has 23 heavy (non-hydrogen) atoms. The second kappa shape index (κ2) is 6.45. The normalized spacial score (nSPS) is 12.0. The third-order valence-corrected chi connectivity index (χ3v) is 4.68. The van der Waals surface area contributed by atoms with Crippen LogP contribution in [0.1, 0.15) is 5.56 Å². The molecule has 0 amide bonds. The molecule has 7 heteroatoms. The number of halogens is 3. The minimum Gasteiger partial charge on any atom is -0.406 e. The second-order valence-electron chi connectivity index (χ2n) is 4.75. The fourth-order valence-electron chi connectivity index (χ4n) is 1.92. The molecule has 0 fully saturated rings. The second-order valence-corrected chi connectivity index (χ2v) is 6.74. The Morgan fingerprint density at radius 2 is 1.57 bits per heavy atom. The molecule has 0 aliphatic rings. The van der Waals surface area contributed by atoms with Gasteiger partial charge in [0.1, 0.15) is 5.75 Å². The molecule has 0 heterocycles. The number of hydrogen-bond donors (Lipinski definition) is 0. The molecule has 2 rings (SSSR count). The SMILES string of the molecule is C=C(CS(=O)(=O)c1ccccc1)c1ccc(OC(F)(F)F)cc1. The smallest absolute Gasteiger partial charge is 0.406 e. The van der Waals surface area contributed by atoms with Gasteiger partial charge < -0.3 is 4.74 Å². The average Bonchev–Trinajstić information content (AvgIpc) is 2.47. The van der Waals surface area contributed by atoms with Crippen LogP contribution in [0.5, 0.6) is 5.75 Å². The Balaban J connectivity index is 2.12. The monoisotopic (exact) mass is 342 g/mol. The largest absolute Gasteiger partial charge is 0.573 e. The van der Waals surface area contributed by atoms with Gasteiger partial charge in [-0.15, -0.1) is 13.2 Å². The van der Waals surface area contributed by atoms with Crippen molar-refractivity contribution >= 4 is 15.4 Å². The van der Waals surface area contributed by atoms with Crippen molar-refractivity contribution < 1.29 is 26.3 Å². The minimum absolute atomic E-state index is 0.165. The maximum Gasteiger partial charge on any atom is 0.573 e.